The van der Waals surface area contributed by atoms with Gasteiger partial charge < -0.3 is 5.32 Å². The van der Waals surface area contributed by atoms with Gasteiger partial charge in [-0.25, -0.2) is 8.42 Å². The van der Waals surface area contributed by atoms with Crippen LogP contribution in [0.2, 0.25) is 0 Å². The van der Waals surface area contributed by atoms with E-state index in [1.54, 1.807) is 43.9 Å². The van der Waals surface area contributed by atoms with Crippen molar-refractivity contribution in [2.45, 2.75) is 49.5 Å². The second-order valence-corrected chi connectivity index (χ2v) is 10.1. The van der Waals surface area contributed by atoms with Crippen molar-refractivity contribution in [2.75, 3.05) is 11.9 Å². The van der Waals surface area contributed by atoms with Crippen molar-refractivity contribution in [1.29, 1.82) is 0 Å². The van der Waals surface area contributed by atoms with Crippen LogP contribution in [0, 0.1) is 0 Å². The lowest BCUT2D eigenvalue weighted by molar-refractivity contribution is -0.119. The molecule has 9 heteroatoms. The van der Waals surface area contributed by atoms with Gasteiger partial charge in [0.25, 0.3) is 0 Å². The fraction of sp³-hybridized carbons (Fsp3) is 0.450. The maximum atomic E-state index is 13.4. The predicted molar refractivity (Wildman–Crippen MR) is 107 cm³/mol. The largest absolute Gasteiger partial charge is 0.325 e. The number of ketones is 1. The summed E-state index contributed by atoms with van der Waals surface area (Å²) >= 11 is 0. The minimum absolute atomic E-state index is 0.116. The second kappa shape index (κ2) is 6.77. The number of aryl methyl sites for hydroxylation is 1. The van der Waals surface area contributed by atoms with Crippen LogP contribution in [0.15, 0.2) is 35.5 Å². The number of rotatable bonds is 5. The highest BCUT2D eigenvalue weighted by atomic mass is 32.2. The monoisotopic (exact) mass is 416 g/mol. The molecule has 4 rings (SSSR count). The first-order chi connectivity index (χ1) is 13.6. The molecule has 0 radical (unpaired) electrons. The van der Waals surface area contributed by atoms with Gasteiger partial charge in [-0.1, -0.05) is 0 Å². The normalized spacial score (nSPS) is 21.2. The highest BCUT2D eigenvalue weighted by molar-refractivity contribution is 7.89. The summed E-state index contributed by atoms with van der Waals surface area (Å²) in [6.07, 6.45) is 4.62. The molecule has 0 unspecified atom stereocenters. The number of amides is 1. The molecular weight excluding hydrogens is 392 g/mol. The van der Waals surface area contributed by atoms with Crippen molar-refractivity contribution in [1.82, 2.24) is 14.1 Å². The van der Waals surface area contributed by atoms with Crippen LogP contribution in [0.25, 0.3) is 0 Å². The zero-order chi connectivity index (χ0) is 21.0. The minimum atomic E-state index is -3.78. The first kappa shape index (κ1) is 19.8. The van der Waals surface area contributed by atoms with E-state index in [-0.39, 0.29) is 29.0 Å². The third kappa shape index (κ3) is 3.28. The van der Waals surface area contributed by atoms with Crippen molar-refractivity contribution in [3.8, 4) is 0 Å². The Morgan fingerprint density at radius 3 is 2.79 bits per heavy atom. The topological polar surface area (TPSA) is 101 Å². The van der Waals surface area contributed by atoms with Gasteiger partial charge in [0.1, 0.15) is 0 Å². The van der Waals surface area contributed by atoms with E-state index in [1.807, 2.05) is 0 Å². The van der Waals surface area contributed by atoms with Crippen LogP contribution in [0.5, 0.6) is 0 Å². The van der Waals surface area contributed by atoms with Crippen molar-refractivity contribution in [3.63, 3.8) is 0 Å². The summed E-state index contributed by atoms with van der Waals surface area (Å²) in [6.45, 7) is 3.93. The Labute approximate surface area is 169 Å². The first-order valence-corrected chi connectivity index (χ1v) is 11.0. The van der Waals surface area contributed by atoms with Crippen molar-refractivity contribution < 1.29 is 18.0 Å². The molecule has 8 nitrogen and oxygen atoms in total. The highest BCUT2D eigenvalue weighted by Crippen LogP contribution is 2.39. The SMILES string of the molecule is Cn1cc(C(=O)C[C@@H]2CCCN2S(=O)(=O)c2ccc3c(c2)C(C)(C)C(=O)N3)cn1. The van der Waals surface area contributed by atoms with Crippen LogP contribution in [-0.4, -0.2) is 46.8 Å². The van der Waals surface area contributed by atoms with Gasteiger partial charge in [-0.2, -0.15) is 9.40 Å². The van der Waals surface area contributed by atoms with Gasteiger partial charge in [0.15, 0.2) is 5.78 Å². The van der Waals surface area contributed by atoms with Gasteiger partial charge in [0, 0.05) is 37.9 Å². The van der Waals surface area contributed by atoms with E-state index in [0.29, 0.717) is 36.2 Å². The molecule has 1 amide bonds. The molecule has 2 aliphatic rings. The van der Waals surface area contributed by atoms with E-state index in [2.05, 4.69) is 10.4 Å². The van der Waals surface area contributed by atoms with Crippen LogP contribution in [0.3, 0.4) is 0 Å². The maximum Gasteiger partial charge on any atom is 0.243 e. The molecule has 29 heavy (non-hydrogen) atoms. The molecule has 0 aliphatic carbocycles. The Balaban J connectivity index is 1.61. The molecule has 0 spiro atoms. The summed E-state index contributed by atoms with van der Waals surface area (Å²) in [7, 11) is -2.04. The lowest BCUT2D eigenvalue weighted by Crippen LogP contribution is -2.37. The fourth-order valence-corrected chi connectivity index (χ4v) is 5.79. The van der Waals surface area contributed by atoms with E-state index in [0.717, 1.165) is 0 Å². The third-order valence-corrected chi connectivity index (χ3v) is 7.81. The fourth-order valence-electron chi connectivity index (χ4n) is 4.07. The molecule has 0 saturated carbocycles. The Kier molecular flexibility index (Phi) is 4.62. The van der Waals surface area contributed by atoms with Gasteiger partial charge in [-0.15, -0.1) is 0 Å². The number of nitrogens with zero attached hydrogens (tertiary/aromatic N) is 3. The number of anilines is 1. The molecule has 0 bridgehead atoms. The van der Waals surface area contributed by atoms with Crippen molar-refractivity contribution in [3.05, 3.63) is 41.7 Å². The number of hydrogen-bond donors (Lipinski definition) is 1. The Hall–Kier alpha value is -2.52. The van der Waals surface area contributed by atoms with Gasteiger partial charge in [-0.3, -0.25) is 14.3 Å². The summed E-state index contributed by atoms with van der Waals surface area (Å²) in [6, 6.07) is 4.37. The second-order valence-electron chi connectivity index (χ2n) is 8.23. The molecule has 2 aromatic rings. The number of sulfonamides is 1. The molecule has 1 N–H and O–H groups in total. The van der Waals surface area contributed by atoms with Crippen molar-refractivity contribution in [2.24, 2.45) is 7.05 Å². The quantitative estimate of drug-likeness (QED) is 0.752. The van der Waals surface area contributed by atoms with Crippen LogP contribution < -0.4 is 5.32 Å². The average Bonchev–Trinajstić information content (AvgIpc) is 3.35. The Morgan fingerprint density at radius 2 is 2.10 bits per heavy atom. The minimum Gasteiger partial charge on any atom is -0.325 e. The van der Waals surface area contributed by atoms with Crippen LogP contribution >= 0.6 is 0 Å². The predicted octanol–water partition coefficient (Wildman–Crippen LogP) is 2.08. The number of carbonyl (C=O) groups excluding carboxylic acids is 2. The molecule has 154 valence electrons. The van der Waals surface area contributed by atoms with Crippen LogP contribution in [-0.2, 0) is 27.3 Å². The summed E-state index contributed by atoms with van der Waals surface area (Å²) < 4.78 is 29.7. The van der Waals surface area contributed by atoms with E-state index in [1.165, 1.54) is 16.6 Å². The molecule has 1 saturated heterocycles. The molecule has 1 aromatic heterocycles. The number of hydrogen-bond acceptors (Lipinski definition) is 5. The first-order valence-electron chi connectivity index (χ1n) is 9.60. The number of Topliss-reactive ketones (excluding diaryl/α,β-unsaturated/α-hetero) is 1. The standard InChI is InChI=1S/C20H24N4O4S/c1-20(2)16-10-15(6-7-17(16)22-19(20)26)29(27,28)24-8-4-5-14(24)9-18(25)13-11-21-23(3)12-13/h6-7,10-12,14H,4-5,8-9H2,1-3H3,(H,22,26)/t14-/m0/s1. The van der Waals surface area contributed by atoms with Gasteiger partial charge in [0.05, 0.1) is 22.1 Å². The van der Waals surface area contributed by atoms with Crippen LogP contribution in [0.4, 0.5) is 5.69 Å². The lowest BCUT2D eigenvalue weighted by atomic mass is 9.86. The molecule has 3 heterocycles. The number of fused-ring (bicyclic) bond motifs is 1. The van der Waals surface area contributed by atoms with Gasteiger partial charge >= 0.3 is 0 Å². The van der Waals surface area contributed by atoms with E-state index >= 15 is 0 Å². The number of nitrogens with one attached hydrogen (secondary N) is 1. The van der Waals surface area contributed by atoms with Crippen LogP contribution in [0.1, 0.15) is 49.0 Å². The smallest absolute Gasteiger partial charge is 0.243 e. The zero-order valence-electron chi connectivity index (χ0n) is 16.7. The molecule has 1 fully saturated rings. The Bertz CT molecular complexity index is 1100. The average molecular weight is 417 g/mol. The molecule has 1 atom stereocenters. The van der Waals surface area contributed by atoms with E-state index in [9.17, 15) is 18.0 Å². The molecule has 1 aromatic carbocycles. The summed E-state index contributed by atoms with van der Waals surface area (Å²) in [5, 5.41) is 6.80. The third-order valence-electron chi connectivity index (χ3n) is 5.86. The summed E-state index contributed by atoms with van der Waals surface area (Å²) in [5.74, 6) is -0.266. The number of carbonyl (C=O) groups is 2. The van der Waals surface area contributed by atoms with E-state index in [4.69, 9.17) is 0 Å². The highest BCUT2D eigenvalue weighted by Gasteiger charge is 2.41. The summed E-state index contributed by atoms with van der Waals surface area (Å²) in [4.78, 5) is 24.9. The number of aromatic nitrogens is 2. The van der Waals surface area contributed by atoms with Gasteiger partial charge in [0.2, 0.25) is 15.9 Å². The maximum absolute atomic E-state index is 13.4. The van der Waals surface area contributed by atoms with E-state index < -0.39 is 15.4 Å². The zero-order valence-corrected chi connectivity index (χ0v) is 17.5. The summed E-state index contributed by atoms with van der Waals surface area (Å²) in [5.41, 5.74) is 1.01. The lowest BCUT2D eigenvalue weighted by Gasteiger charge is -2.24. The molecular formula is C20H24N4O4S. The van der Waals surface area contributed by atoms with Crippen molar-refractivity contribution >= 4 is 27.4 Å². The molecule has 2 aliphatic heterocycles. The number of benzene rings is 1. The van der Waals surface area contributed by atoms with Gasteiger partial charge in [-0.05, 0) is 50.5 Å². The Morgan fingerprint density at radius 1 is 1.34 bits per heavy atom.